The van der Waals surface area contributed by atoms with Gasteiger partial charge in [0.25, 0.3) is 0 Å². The largest absolute Gasteiger partial charge is 0.418 e. The van der Waals surface area contributed by atoms with E-state index < -0.39 is 51.4 Å². The number of hydrogen-bond acceptors (Lipinski definition) is 2. The van der Waals surface area contributed by atoms with Gasteiger partial charge in [-0.3, -0.25) is 4.98 Å². The Hall–Kier alpha value is -3.24. The summed E-state index contributed by atoms with van der Waals surface area (Å²) in [5.41, 5.74) is -3.13. The van der Waals surface area contributed by atoms with Crippen molar-refractivity contribution in [3.05, 3.63) is 89.1 Å². The molecule has 0 amide bonds. The summed E-state index contributed by atoms with van der Waals surface area (Å²) >= 11 is -2.51. The van der Waals surface area contributed by atoms with E-state index in [2.05, 4.69) is 4.98 Å². The molecule has 0 spiro atoms. The molecule has 1 heterocycles. The first-order chi connectivity index (χ1) is 16.4. The number of pyridine rings is 1. The molecule has 0 fully saturated rings. The lowest BCUT2D eigenvalue weighted by Crippen LogP contribution is -2.13. The average molecular weight is 509 g/mol. The summed E-state index contributed by atoms with van der Waals surface area (Å²) in [6.45, 7) is 1.44. The van der Waals surface area contributed by atoms with Crippen LogP contribution in [0.15, 0.2) is 66.9 Å². The van der Waals surface area contributed by atoms with Crippen LogP contribution in [0, 0.1) is 6.92 Å². The van der Waals surface area contributed by atoms with Crippen LogP contribution in [-0.2, 0) is 29.2 Å². The lowest BCUT2D eigenvalue weighted by molar-refractivity contribution is -0.137. The smallest absolute Gasteiger partial charge is 0.306 e. The van der Waals surface area contributed by atoms with E-state index in [1.807, 2.05) is 0 Å². The summed E-state index contributed by atoms with van der Waals surface area (Å²) < 4.78 is 106. The minimum atomic E-state index is -4.93. The Balaban J connectivity index is 2.21. The van der Waals surface area contributed by atoms with Gasteiger partial charge in [0.1, 0.15) is 0 Å². The Kier molecular flexibility index (Phi) is 6.46. The van der Waals surface area contributed by atoms with E-state index in [0.717, 1.165) is 18.3 Å². The molecule has 0 aliphatic rings. The normalized spacial score (nSPS) is 13.3. The zero-order chi connectivity index (χ0) is 25.5. The summed E-state index contributed by atoms with van der Waals surface area (Å²) in [7, 11) is 0. The van der Waals surface area contributed by atoms with E-state index in [0.29, 0.717) is 0 Å². The lowest BCUT2D eigenvalue weighted by atomic mass is 9.85. The maximum atomic E-state index is 14.7. The number of fused-ring (bicyclic) bond motifs is 1. The Bertz CT molecular complexity index is 1430. The van der Waals surface area contributed by atoms with Crippen molar-refractivity contribution in [2.45, 2.75) is 25.0 Å². The van der Waals surface area contributed by atoms with E-state index in [4.69, 9.17) is 0 Å². The summed E-state index contributed by atoms with van der Waals surface area (Å²) in [4.78, 5) is 3.89. The number of benzene rings is 3. The monoisotopic (exact) mass is 509 g/mol. The third-order valence-electron chi connectivity index (χ3n) is 5.58. The van der Waals surface area contributed by atoms with E-state index in [1.54, 1.807) is 18.2 Å². The zero-order valence-corrected chi connectivity index (χ0v) is 18.9. The van der Waals surface area contributed by atoms with Gasteiger partial charge in [-0.05, 0) is 46.4 Å². The number of aromatic nitrogens is 1. The SMILES string of the molecule is Cc1cnc2c(C(F)(F)F)cccc2c1-c1c(CS(=O)O)ccc(-c2ccccc2)c1C(F)(F)F. The highest BCUT2D eigenvalue weighted by Gasteiger charge is 2.39. The molecule has 3 aromatic carbocycles. The molecular formula is C25H17F6NO2S. The van der Waals surface area contributed by atoms with E-state index >= 15 is 0 Å². The topological polar surface area (TPSA) is 50.2 Å². The Morgan fingerprint density at radius 1 is 0.857 bits per heavy atom. The Labute approximate surface area is 198 Å². The zero-order valence-electron chi connectivity index (χ0n) is 18.0. The van der Waals surface area contributed by atoms with Gasteiger partial charge in [0.15, 0.2) is 11.1 Å². The molecule has 1 atom stereocenters. The van der Waals surface area contributed by atoms with Gasteiger partial charge in [0, 0.05) is 11.6 Å². The van der Waals surface area contributed by atoms with Crippen molar-refractivity contribution in [2.75, 3.05) is 0 Å². The molecular weight excluding hydrogens is 492 g/mol. The van der Waals surface area contributed by atoms with Crippen molar-refractivity contribution in [1.82, 2.24) is 4.98 Å². The first-order valence-corrected chi connectivity index (χ1v) is 11.5. The van der Waals surface area contributed by atoms with Crippen molar-refractivity contribution >= 4 is 22.0 Å². The van der Waals surface area contributed by atoms with Crippen LogP contribution in [0.3, 0.4) is 0 Å². The Morgan fingerprint density at radius 2 is 1.54 bits per heavy atom. The quantitative estimate of drug-likeness (QED) is 0.227. The fourth-order valence-electron chi connectivity index (χ4n) is 4.22. The summed E-state index contributed by atoms with van der Waals surface area (Å²) in [6.07, 6.45) is -8.63. The maximum absolute atomic E-state index is 14.7. The van der Waals surface area contributed by atoms with E-state index in [1.165, 1.54) is 37.3 Å². The molecule has 0 bridgehead atoms. The fourth-order valence-corrected chi connectivity index (χ4v) is 4.73. The minimum absolute atomic E-state index is 0.119. The van der Waals surface area contributed by atoms with Gasteiger partial charge in [-0.15, -0.1) is 0 Å². The molecule has 4 aromatic rings. The average Bonchev–Trinajstić information content (AvgIpc) is 2.77. The van der Waals surface area contributed by atoms with Crippen molar-refractivity contribution < 1.29 is 35.1 Å². The summed E-state index contributed by atoms with van der Waals surface area (Å²) in [5, 5.41) is -0.138. The Morgan fingerprint density at radius 3 is 2.14 bits per heavy atom. The number of nitrogens with zero attached hydrogens (tertiary/aromatic N) is 1. The van der Waals surface area contributed by atoms with Gasteiger partial charge in [0.05, 0.1) is 22.4 Å². The van der Waals surface area contributed by atoms with Crippen molar-refractivity contribution in [3.63, 3.8) is 0 Å². The third-order valence-corrected chi connectivity index (χ3v) is 6.14. The second kappa shape index (κ2) is 9.09. The van der Waals surface area contributed by atoms with Crippen LogP contribution in [-0.4, -0.2) is 13.7 Å². The molecule has 10 heteroatoms. The molecule has 0 aliphatic heterocycles. The molecule has 1 aromatic heterocycles. The standard InChI is InChI=1S/C25H17F6NO2S/c1-14-12-32-23-18(8-5-9-19(23)24(26,27)28)20(14)21-16(13-35(33)34)10-11-17(22(21)25(29,30)31)15-6-3-2-4-7-15/h2-12H,13H2,1H3,(H,33,34). The highest BCUT2D eigenvalue weighted by atomic mass is 32.2. The van der Waals surface area contributed by atoms with Crippen molar-refractivity contribution in [3.8, 4) is 22.3 Å². The van der Waals surface area contributed by atoms with Gasteiger partial charge < -0.3 is 4.55 Å². The fraction of sp³-hybridized carbons (Fsp3) is 0.160. The second-order valence-corrected chi connectivity index (χ2v) is 8.80. The van der Waals surface area contributed by atoms with Crippen molar-refractivity contribution in [2.24, 2.45) is 0 Å². The molecule has 0 radical (unpaired) electrons. The van der Waals surface area contributed by atoms with Crippen molar-refractivity contribution in [1.29, 1.82) is 0 Å². The predicted octanol–water partition coefficient (Wildman–Crippen LogP) is 7.64. The minimum Gasteiger partial charge on any atom is -0.306 e. The molecule has 35 heavy (non-hydrogen) atoms. The number of rotatable bonds is 4. The number of hydrogen-bond donors (Lipinski definition) is 1. The van der Waals surface area contributed by atoms with Gasteiger partial charge in [-0.25, -0.2) is 4.21 Å². The van der Waals surface area contributed by atoms with Gasteiger partial charge in [0.2, 0.25) is 0 Å². The first kappa shape index (κ1) is 24.9. The molecule has 3 nitrogen and oxygen atoms in total. The van der Waals surface area contributed by atoms with E-state index in [-0.39, 0.29) is 33.2 Å². The number of para-hydroxylation sites is 1. The number of aryl methyl sites for hydroxylation is 1. The molecule has 1 unspecified atom stereocenters. The van der Waals surface area contributed by atoms with Crippen LogP contribution < -0.4 is 0 Å². The molecule has 4 rings (SSSR count). The first-order valence-electron chi connectivity index (χ1n) is 10.2. The van der Waals surface area contributed by atoms with Crippen LogP contribution in [0.4, 0.5) is 26.3 Å². The highest BCUT2D eigenvalue weighted by molar-refractivity contribution is 7.78. The van der Waals surface area contributed by atoms with Gasteiger partial charge >= 0.3 is 12.4 Å². The lowest BCUT2D eigenvalue weighted by Gasteiger charge is -2.23. The predicted molar refractivity (Wildman–Crippen MR) is 122 cm³/mol. The van der Waals surface area contributed by atoms with Crippen LogP contribution in [0.5, 0.6) is 0 Å². The molecule has 1 N–H and O–H groups in total. The highest BCUT2D eigenvalue weighted by Crippen LogP contribution is 2.48. The van der Waals surface area contributed by atoms with Crippen LogP contribution in [0.2, 0.25) is 0 Å². The third kappa shape index (κ3) is 4.81. The van der Waals surface area contributed by atoms with Crippen LogP contribution >= 0.6 is 0 Å². The van der Waals surface area contributed by atoms with E-state index in [9.17, 15) is 35.1 Å². The molecule has 0 saturated carbocycles. The van der Waals surface area contributed by atoms with Crippen LogP contribution in [0.1, 0.15) is 22.3 Å². The van der Waals surface area contributed by atoms with Gasteiger partial charge in [-0.2, -0.15) is 26.3 Å². The maximum Gasteiger partial charge on any atom is 0.418 e. The molecule has 0 aliphatic carbocycles. The summed E-state index contributed by atoms with van der Waals surface area (Å²) in [5.74, 6) is -0.643. The summed E-state index contributed by atoms with van der Waals surface area (Å²) in [6, 6.07) is 13.4. The van der Waals surface area contributed by atoms with Crippen LogP contribution in [0.25, 0.3) is 33.2 Å². The number of alkyl halides is 6. The van der Waals surface area contributed by atoms with Gasteiger partial charge in [-0.1, -0.05) is 54.6 Å². The molecule has 182 valence electrons. The number of halogens is 6. The molecule has 0 saturated heterocycles. The second-order valence-electron chi connectivity index (χ2n) is 7.87.